The molecule has 0 amide bonds. The molecule has 94 valence electrons. The molecule has 0 rings (SSSR count). The molecule has 0 radical (unpaired) electrons. The fraction of sp³-hybridized carbons (Fsp3) is 0.818. The molecule has 0 aliphatic rings. The SMILES string of the molecule is CCC(C)OC(=O)C(Br)(CC(C)C)C(=O)O. The first kappa shape index (κ1) is 15.4. The van der Waals surface area contributed by atoms with Gasteiger partial charge in [-0.2, -0.15) is 0 Å². The van der Waals surface area contributed by atoms with Gasteiger partial charge in [0.25, 0.3) is 0 Å². The minimum absolute atomic E-state index is 0.0833. The average Bonchev–Trinajstić information content (AvgIpc) is 2.15. The molecule has 5 heteroatoms. The van der Waals surface area contributed by atoms with Crippen molar-refractivity contribution in [2.24, 2.45) is 5.92 Å². The van der Waals surface area contributed by atoms with Crippen LogP contribution in [0, 0.1) is 5.92 Å². The molecule has 0 bridgehead atoms. The molecule has 0 aromatic carbocycles. The van der Waals surface area contributed by atoms with Gasteiger partial charge in [0.1, 0.15) is 0 Å². The third-order valence-corrected chi connectivity index (χ3v) is 3.22. The van der Waals surface area contributed by atoms with Gasteiger partial charge in [0.2, 0.25) is 4.32 Å². The van der Waals surface area contributed by atoms with Crippen LogP contribution in [0.25, 0.3) is 0 Å². The average molecular weight is 295 g/mol. The summed E-state index contributed by atoms with van der Waals surface area (Å²) in [6.45, 7) is 7.32. The van der Waals surface area contributed by atoms with E-state index in [9.17, 15) is 9.59 Å². The molecule has 0 aromatic rings. The molecule has 4 nitrogen and oxygen atoms in total. The van der Waals surface area contributed by atoms with E-state index >= 15 is 0 Å². The van der Waals surface area contributed by atoms with Crippen LogP contribution in [-0.4, -0.2) is 27.5 Å². The van der Waals surface area contributed by atoms with Crippen molar-refractivity contribution in [1.29, 1.82) is 0 Å². The fourth-order valence-electron chi connectivity index (χ4n) is 1.18. The van der Waals surface area contributed by atoms with Gasteiger partial charge in [0.15, 0.2) is 0 Å². The van der Waals surface area contributed by atoms with Crippen LogP contribution < -0.4 is 0 Å². The van der Waals surface area contributed by atoms with E-state index in [-0.39, 0.29) is 18.4 Å². The third-order valence-electron chi connectivity index (χ3n) is 2.24. The van der Waals surface area contributed by atoms with Gasteiger partial charge in [-0.05, 0) is 25.7 Å². The van der Waals surface area contributed by atoms with Gasteiger partial charge in [-0.3, -0.25) is 4.79 Å². The minimum Gasteiger partial charge on any atom is -0.480 e. The number of carboxylic acids is 1. The van der Waals surface area contributed by atoms with Crippen LogP contribution in [0.3, 0.4) is 0 Å². The van der Waals surface area contributed by atoms with Crippen LogP contribution in [0.4, 0.5) is 0 Å². The Morgan fingerprint density at radius 3 is 2.19 bits per heavy atom. The maximum atomic E-state index is 11.8. The van der Waals surface area contributed by atoms with Gasteiger partial charge in [-0.25, -0.2) is 4.79 Å². The first-order valence-electron chi connectivity index (χ1n) is 5.37. The molecule has 2 atom stereocenters. The Labute approximate surface area is 104 Å². The second-order valence-corrected chi connectivity index (χ2v) is 5.68. The monoisotopic (exact) mass is 294 g/mol. The lowest BCUT2D eigenvalue weighted by atomic mass is 9.97. The van der Waals surface area contributed by atoms with Crippen molar-refractivity contribution in [3.05, 3.63) is 0 Å². The summed E-state index contributed by atoms with van der Waals surface area (Å²) in [5.41, 5.74) is 0. The minimum atomic E-state index is -1.62. The summed E-state index contributed by atoms with van der Waals surface area (Å²) in [5.74, 6) is -1.84. The number of rotatable bonds is 6. The molecule has 16 heavy (non-hydrogen) atoms. The topological polar surface area (TPSA) is 63.6 Å². The predicted molar refractivity (Wildman–Crippen MR) is 64.6 cm³/mol. The number of hydrogen-bond acceptors (Lipinski definition) is 3. The van der Waals surface area contributed by atoms with Crippen molar-refractivity contribution >= 4 is 27.9 Å². The van der Waals surface area contributed by atoms with Gasteiger partial charge >= 0.3 is 11.9 Å². The Bertz CT molecular complexity index is 265. The molecule has 2 unspecified atom stereocenters. The Kier molecular flexibility index (Phi) is 6.00. The van der Waals surface area contributed by atoms with E-state index in [0.717, 1.165) is 0 Å². The Balaban J connectivity index is 4.77. The zero-order valence-electron chi connectivity index (χ0n) is 10.1. The lowest BCUT2D eigenvalue weighted by Crippen LogP contribution is -2.44. The second-order valence-electron chi connectivity index (χ2n) is 4.33. The first-order chi connectivity index (χ1) is 7.24. The van der Waals surface area contributed by atoms with Crippen molar-refractivity contribution in [2.75, 3.05) is 0 Å². The van der Waals surface area contributed by atoms with Gasteiger partial charge in [-0.15, -0.1) is 0 Å². The molecular formula is C11H19BrO4. The smallest absolute Gasteiger partial charge is 0.334 e. The molecule has 0 heterocycles. The molecule has 0 aromatic heterocycles. The number of halogens is 1. The normalized spacial score (nSPS) is 16.6. The van der Waals surface area contributed by atoms with E-state index in [1.165, 1.54) is 0 Å². The van der Waals surface area contributed by atoms with Gasteiger partial charge in [-0.1, -0.05) is 36.7 Å². The molecule has 0 saturated carbocycles. The number of ether oxygens (including phenoxy) is 1. The Morgan fingerprint density at radius 1 is 1.38 bits per heavy atom. The maximum Gasteiger partial charge on any atom is 0.334 e. The van der Waals surface area contributed by atoms with Crippen molar-refractivity contribution in [1.82, 2.24) is 0 Å². The van der Waals surface area contributed by atoms with Crippen molar-refractivity contribution < 1.29 is 19.4 Å². The largest absolute Gasteiger partial charge is 0.480 e. The van der Waals surface area contributed by atoms with Crippen molar-refractivity contribution in [2.45, 2.75) is 51.0 Å². The van der Waals surface area contributed by atoms with E-state index in [0.29, 0.717) is 6.42 Å². The molecule has 0 aliphatic carbocycles. The summed E-state index contributed by atoms with van der Waals surface area (Å²) < 4.78 is 3.44. The van der Waals surface area contributed by atoms with Crippen molar-refractivity contribution in [3.63, 3.8) is 0 Å². The molecular weight excluding hydrogens is 276 g/mol. The zero-order chi connectivity index (χ0) is 12.9. The van der Waals surface area contributed by atoms with Crippen LogP contribution >= 0.6 is 15.9 Å². The molecule has 0 fully saturated rings. The lowest BCUT2D eigenvalue weighted by Gasteiger charge is -2.24. The molecule has 0 saturated heterocycles. The van der Waals surface area contributed by atoms with E-state index in [1.54, 1.807) is 6.92 Å². The summed E-state index contributed by atoms with van der Waals surface area (Å²) in [6, 6.07) is 0. The quantitative estimate of drug-likeness (QED) is 0.465. The number of alkyl halides is 1. The van der Waals surface area contributed by atoms with Crippen LogP contribution in [0.1, 0.15) is 40.5 Å². The predicted octanol–water partition coefficient (Wildman–Crippen LogP) is 2.59. The number of hydrogen-bond donors (Lipinski definition) is 1. The number of carbonyl (C=O) groups excluding carboxylic acids is 1. The summed E-state index contributed by atoms with van der Waals surface area (Å²) in [5, 5.41) is 9.09. The summed E-state index contributed by atoms with van der Waals surface area (Å²) in [4.78, 5) is 22.9. The molecule has 0 aliphatic heterocycles. The highest BCUT2D eigenvalue weighted by atomic mass is 79.9. The van der Waals surface area contributed by atoms with Crippen molar-refractivity contribution in [3.8, 4) is 0 Å². The van der Waals surface area contributed by atoms with E-state index in [2.05, 4.69) is 15.9 Å². The standard InChI is InChI=1S/C11H19BrO4/c1-5-8(4)16-10(15)11(12,9(13)14)6-7(2)3/h7-8H,5-6H2,1-4H3,(H,13,14). The highest BCUT2D eigenvalue weighted by Crippen LogP contribution is 2.29. The number of carbonyl (C=O) groups is 2. The summed E-state index contributed by atoms with van der Waals surface area (Å²) >= 11 is 3.00. The first-order valence-corrected chi connectivity index (χ1v) is 6.16. The third kappa shape index (κ3) is 4.12. The van der Waals surface area contributed by atoms with E-state index in [4.69, 9.17) is 9.84 Å². The maximum absolute atomic E-state index is 11.8. The highest BCUT2D eigenvalue weighted by molar-refractivity contribution is 9.10. The molecule has 1 N–H and O–H groups in total. The zero-order valence-corrected chi connectivity index (χ0v) is 11.7. The van der Waals surface area contributed by atoms with Crippen LogP contribution in [-0.2, 0) is 14.3 Å². The van der Waals surface area contributed by atoms with Crippen LogP contribution in [0.2, 0.25) is 0 Å². The highest BCUT2D eigenvalue weighted by Gasteiger charge is 2.46. The van der Waals surface area contributed by atoms with Crippen LogP contribution in [0.15, 0.2) is 0 Å². The number of carboxylic acid groups (broad SMARTS) is 1. The van der Waals surface area contributed by atoms with E-state index < -0.39 is 16.3 Å². The van der Waals surface area contributed by atoms with Gasteiger partial charge in [0, 0.05) is 0 Å². The number of aliphatic carboxylic acids is 1. The lowest BCUT2D eigenvalue weighted by molar-refractivity contribution is -0.159. The van der Waals surface area contributed by atoms with E-state index in [1.807, 2.05) is 20.8 Å². The molecule has 0 spiro atoms. The number of esters is 1. The summed E-state index contributed by atoms with van der Waals surface area (Å²) in [7, 11) is 0. The Morgan fingerprint density at radius 2 is 1.88 bits per heavy atom. The second kappa shape index (κ2) is 6.23. The fourth-order valence-corrected chi connectivity index (χ4v) is 1.92. The Hall–Kier alpha value is -0.580. The van der Waals surface area contributed by atoms with Gasteiger partial charge in [0.05, 0.1) is 6.10 Å². The van der Waals surface area contributed by atoms with Crippen LogP contribution in [0.5, 0.6) is 0 Å². The summed E-state index contributed by atoms with van der Waals surface area (Å²) in [6.07, 6.45) is 0.601. The van der Waals surface area contributed by atoms with Gasteiger partial charge < -0.3 is 9.84 Å².